The summed E-state index contributed by atoms with van der Waals surface area (Å²) in [5, 5.41) is 16.4. The zero-order valence-corrected chi connectivity index (χ0v) is 16.8. The SMILES string of the molecule is CC(C)Nc1nnc(SCC(=O)Nc2nc(-c3cc(F)ccc3F)cs2)s1. The number of amides is 1. The van der Waals surface area contributed by atoms with Crippen LogP contribution in [-0.2, 0) is 4.79 Å². The first-order valence-corrected chi connectivity index (χ1v) is 10.5. The van der Waals surface area contributed by atoms with Crippen molar-refractivity contribution in [1.82, 2.24) is 15.2 Å². The molecule has 0 unspecified atom stereocenters. The van der Waals surface area contributed by atoms with Gasteiger partial charge in [0.05, 0.1) is 11.4 Å². The number of carbonyl (C=O) groups excluding carboxylic acids is 1. The number of hydrogen-bond acceptors (Lipinski definition) is 8. The number of hydrogen-bond donors (Lipinski definition) is 2. The molecule has 2 aromatic heterocycles. The standard InChI is InChI=1S/C16H15F2N5OS3/c1-8(2)19-15-22-23-16(27-15)26-7-13(24)21-14-20-12(6-25-14)10-5-9(17)3-4-11(10)18/h3-6,8H,7H2,1-2H3,(H,19,22)(H,20,21,24). The monoisotopic (exact) mass is 427 g/mol. The van der Waals surface area contributed by atoms with Crippen molar-refractivity contribution in [3.63, 3.8) is 0 Å². The molecule has 0 aliphatic rings. The number of rotatable bonds is 7. The average Bonchev–Trinajstić information content (AvgIpc) is 3.24. The second-order valence-corrected chi connectivity index (χ2v) is 8.73. The molecule has 1 aromatic carbocycles. The molecule has 11 heteroatoms. The molecule has 0 aliphatic carbocycles. The Labute approximate surface area is 166 Å². The molecule has 2 N–H and O–H groups in total. The summed E-state index contributed by atoms with van der Waals surface area (Å²) < 4.78 is 27.8. The number of nitrogens with zero attached hydrogens (tertiary/aromatic N) is 3. The van der Waals surface area contributed by atoms with Crippen LogP contribution in [0.15, 0.2) is 27.9 Å². The Morgan fingerprint density at radius 1 is 1.26 bits per heavy atom. The van der Waals surface area contributed by atoms with E-state index in [0.717, 1.165) is 29.5 Å². The van der Waals surface area contributed by atoms with Gasteiger partial charge in [-0.25, -0.2) is 13.8 Å². The van der Waals surface area contributed by atoms with E-state index in [1.807, 2.05) is 13.8 Å². The Morgan fingerprint density at radius 2 is 2.07 bits per heavy atom. The van der Waals surface area contributed by atoms with Gasteiger partial charge in [0.1, 0.15) is 11.6 Å². The van der Waals surface area contributed by atoms with Gasteiger partial charge in [0.25, 0.3) is 0 Å². The van der Waals surface area contributed by atoms with E-state index in [0.29, 0.717) is 14.6 Å². The fraction of sp³-hybridized carbons (Fsp3) is 0.250. The topological polar surface area (TPSA) is 79.8 Å². The van der Waals surface area contributed by atoms with Gasteiger partial charge >= 0.3 is 0 Å². The van der Waals surface area contributed by atoms with Crippen LogP contribution >= 0.6 is 34.4 Å². The third kappa shape index (κ3) is 5.44. The van der Waals surface area contributed by atoms with Crippen LogP contribution in [0.2, 0.25) is 0 Å². The van der Waals surface area contributed by atoms with Gasteiger partial charge in [0, 0.05) is 17.0 Å². The number of halogens is 2. The minimum absolute atomic E-state index is 0.0557. The lowest BCUT2D eigenvalue weighted by molar-refractivity contribution is -0.113. The van der Waals surface area contributed by atoms with E-state index in [-0.39, 0.29) is 29.0 Å². The Kier molecular flexibility index (Phi) is 6.34. The summed E-state index contributed by atoms with van der Waals surface area (Å²) in [7, 11) is 0. The number of thiazole rings is 1. The van der Waals surface area contributed by atoms with Crippen molar-refractivity contribution >= 4 is 50.6 Å². The van der Waals surface area contributed by atoms with Crippen LogP contribution in [-0.4, -0.2) is 32.9 Å². The zero-order valence-electron chi connectivity index (χ0n) is 14.3. The van der Waals surface area contributed by atoms with Crippen LogP contribution in [0.5, 0.6) is 0 Å². The number of carbonyl (C=O) groups is 1. The molecule has 1 amide bonds. The number of aromatic nitrogens is 3. The summed E-state index contributed by atoms with van der Waals surface area (Å²) >= 11 is 3.78. The maximum absolute atomic E-state index is 13.8. The van der Waals surface area contributed by atoms with Gasteiger partial charge < -0.3 is 10.6 Å². The quantitative estimate of drug-likeness (QED) is 0.541. The van der Waals surface area contributed by atoms with E-state index < -0.39 is 11.6 Å². The first-order chi connectivity index (χ1) is 12.9. The fourth-order valence-electron chi connectivity index (χ4n) is 2.00. The van der Waals surface area contributed by atoms with Crippen LogP contribution in [0.3, 0.4) is 0 Å². The lowest BCUT2D eigenvalue weighted by Gasteiger charge is -2.03. The molecule has 0 bridgehead atoms. The van der Waals surface area contributed by atoms with Gasteiger partial charge in [-0.05, 0) is 32.0 Å². The Morgan fingerprint density at radius 3 is 2.85 bits per heavy atom. The van der Waals surface area contributed by atoms with Gasteiger partial charge in [-0.1, -0.05) is 23.1 Å². The highest BCUT2D eigenvalue weighted by Gasteiger charge is 2.13. The van der Waals surface area contributed by atoms with Crippen molar-refractivity contribution < 1.29 is 13.6 Å². The molecule has 6 nitrogen and oxygen atoms in total. The van der Waals surface area contributed by atoms with Gasteiger partial charge in [-0.15, -0.1) is 21.5 Å². The van der Waals surface area contributed by atoms with Crippen molar-refractivity contribution in [3.8, 4) is 11.3 Å². The van der Waals surface area contributed by atoms with E-state index in [1.54, 1.807) is 5.38 Å². The van der Waals surface area contributed by atoms with Gasteiger partial charge in [0.2, 0.25) is 11.0 Å². The normalized spacial score (nSPS) is 11.0. The van der Waals surface area contributed by atoms with Crippen molar-refractivity contribution in [2.24, 2.45) is 0 Å². The summed E-state index contributed by atoms with van der Waals surface area (Å²) in [6.45, 7) is 4.00. The Bertz CT molecular complexity index is 944. The van der Waals surface area contributed by atoms with Crippen molar-refractivity contribution in [1.29, 1.82) is 0 Å². The molecule has 142 valence electrons. The summed E-state index contributed by atoms with van der Waals surface area (Å²) in [6, 6.07) is 3.41. The van der Waals surface area contributed by atoms with Crippen LogP contribution in [0.4, 0.5) is 19.0 Å². The summed E-state index contributed by atoms with van der Waals surface area (Å²) in [4.78, 5) is 16.2. The van der Waals surface area contributed by atoms with E-state index in [4.69, 9.17) is 0 Å². The molecule has 0 fully saturated rings. The lowest BCUT2D eigenvalue weighted by atomic mass is 10.1. The first kappa shape index (κ1) is 19.6. The smallest absolute Gasteiger partial charge is 0.236 e. The molecule has 0 aliphatic heterocycles. The largest absolute Gasteiger partial charge is 0.358 e. The molecular weight excluding hydrogens is 412 g/mol. The number of anilines is 2. The van der Waals surface area contributed by atoms with E-state index in [1.165, 1.54) is 23.1 Å². The van der Waals surface area contributed by atoms with E-state index >= 15 is 0 Å². The molecule has 3 aromatic rings. The van der Waals surface area contributed by atoms with Crippen molar-refractivity contribution in [3.05, 3.63) is 35.2 Å². The number of benzene rings is 1. The molecule has 0 spiro atoms. The number of nitrogens with one attached hydrogen (secondary N) is 2. The van der Waals surface area contributed by atoms with Crippen molar-refractivity contribution in [2.75, 3.05) is 16.4 Å². The third-order valence-corrected chi connectivity index (χ3v) is 5.85. The highest BCUT2D eigenvalue weighted by molar-refractivity contribution is 8.01. The van der Waals surface area contributed by atoms with Gasteiger partial charge in [0.15, 0.2) is 9.47 Å². The van der Waals surface area contributed by atoms with Crippen LogP contribution in [0.25, 0.3) is 11.3 Å². The molecule has 3 rings (SSSR count). The molecule has 0 atom stereocenters. The molecular formula is C16H15F2N5OS3. The van der Waals surface area contributed by atoms with Gasteiger partial charge in [-0.3, -0.25) is 4.79 Å². The van der Waals surface area contributed by atoms with Crippen molar-refractivity contribution in [2.45, 2.75) is 24.2 Å². The van der Waals surface area contributed by atoms with Crippen LogP contribution in [0.1, 0.15) is 13.8 Å². The first-order valence-electron chi connectivity index (χ1n) is 7.84. The fourth-order valence-corrected chi connectivity index (χ4v) is 4.43. The molecule has 0 saturated carbocycles. The molecule has 0 saturated heterocycles. The summed E-state index contributed by atoms with van der Waals surface area (Å²) in [5.41, 5.74) is 0.327. The maximum atomic E-state index is 13.8. The highest BCUT2D eigenvalue weighted by atomic mass is 32.2. The predicted octanol–water partition coefficient (Wildman–Crippen LogP) is 4.49. The Balaban J connectivity index is 1.56. The second-order valence-electron chi connectivity index (χ2n) is 5.67. The second kappa shape index (κ2) is 8.72. The molecule has 27 heavy (non-hydrogen) atoms. The average molecular weight is 428 g/mol. The third-order valence-electron chi connectivity index (χ3n) is 3.10. The highest BCUT2D eigenvalue weighted by Crippen LogP contribution is 2.29. The minimum Gasteiger partial charge on any atom is -0.358 e. The van der Waals surface area contributed by atoms with Crippen LogP contribution in [0, 0.1) is 11.6 Å². The van der Waals surface area contributed by atoms with Gasteiger partial charge in [-0.2, -0.15) is 0 Å². The van der Waals surface area contributed by atoms with E-state index in [9.17, 15) is 13.6 Å². The summed E-state index contributed by atoms with van der Waals surface area (Å²) in [6.07, 6.45) is 0. The Hall–Kier alpha value is -2.11. The molecule has 2 heterocycles. The summed E-state index contributed by atoms with van der Waals surface area (Å²) in [5.74, 6) is -1.25. The molecule has 0 radical (unpaired) electrons. The maximum Gasteiger partial charge on any atom is 0.236 e. The zero-order chi connectivity index (χ0) is 19.4. The number of thioether (sulfide) groups is 1. The lowest BCUT2D eigenvalue weighted by Crippen LogP contribution is -2.13. The minimum atomic E-state index is -0.572. The predicted molar refractivity (Wildman–Crippen MR) is 105 cm³/mol. The van der Waals surface area contributed by atoms with E-state index in [2.05, 4.69) is 25.8 Å². The van der Waals surface area contributed by atoms with Crippen LogP contribution < -0.4 is 10.6 Å².